The summed E-state index contributed by atoms with van der Waals surface area (Å²) in [6.07, 6.45) is 1.40. The van der Waals surface area contributed by atoms with Crippen molar-refractivity contribution in [2.24, 2.45) is 0 Å². The highest BCUT2D eigenvalue weighted by Crippen LogP contribution is 2.37. The minimum absolute atomic E-state index is 0.0994. The molecule has 0 radical (unpaired) electrons. The van der Waals surface area contributed by atoms with Gasteiger partial charge in [0, 0.05) is 5.57 Å². The fraction of sp³-hybridized carbons (Fsp3) is 0.286. The molecule has 1 aliphatic heterocycles. The zero-order valence-corrected chi connectivity index (χ0v) is 10.6. The predicted molar refractivity (Wildman–Crippen MR) is 68.7 cm³/mol. The van der Waals surface area contributed by atoms with Crippen molar-refractivity contribution in [1.82, 2.24) is 0 Å². The second-order valence-corrected chi connectivity index (χ2v) is 4.23. The van der Waals surface area contributed by atoms with Crippen molar-refractivity contribution in [3.63, 3.8) is 0 Å². The maximum Gasteiger partial charge on any atom is 0.257 e. The number of carbonyl (C=O) groups excluding carboxylic acids is 2. The third-order valence-electron chi connectivity index (χ3n) is 3.01. The molecule has 1 aromatic carbocycles. The minimum Gasteiger partial charge on any atom is -0.495 e. The molecular weight excluding hydrogens is 230 g/mol. The van der Waals surface area contributed by atoms with Crippen LogP contribution in [0.25, 0.3) is 0 Å². The number of rotatable bonds is 3. The summed E-state index contributed by atoms with van der Waals surface area (Å²) in [5.41, 5.74) is 1.28. The summed E-state index contributed by atoms with van der Waals surface area (Å²) in [5.74, 6) is 0.409. The van der Waals surface area contributed by atoms with Crippen LogP contribution >= 0.6 is 0 Å². The molecule has 1 saturated heterocycles. The third kappa shape index (κ3) is 1.90. The molecule has 1 amide bonds. The van der Waals surface area contributed by atoms with Gasteiger partial charge in [0.05, 0.1) is 18.8 Å². The molecule has 4 nitrogen and oxygen atoms in total. The van der Waals surface area contributed by atoms with E-state index >= 15 is 0 Å². The first-order valence-electron chi connectivity index (χ1n) is 5.75. The van der Waals surface area contributed by atoms with Crippen molar-refractivity contribution in [3.05, 3.63) is 35.9 Å². The van der Waals surface area contributed by atoms with Crippen LogP contribution in [0.2, 0.25) is 0 Å². The van der Waals surface area contributed by atoms with E-state index in [0.29, 0.717) is 11.3 Å². The van der Waals surface area contributed by atoms with Crippen molar-refractivity contribution < 1.29 is 14.3 Å². The predicted octanol–water partition coefficient (Wildman–Crippen LogP) is 1.95. The second-order valence-electron chi connectivity index (χ2n) is 4.23. The van der Waals surface area contributed by atoms with Gasteiger partial charge in [-0.1, -0.05) is 12.1 Å². The molecule has 0 bridgehead atoms. The van der Waals surface area contributed by atoms with Gasteiger partial charge in [0.1, 0.15) is 5.75 Å². The molecule has 0 N–H and O–H groups in total. The summed E-state index contributed by atoms with van der Waals surface area (Å²) in [7, 11) is 1.57. The van der Waals surface area contributed by atoms with Crippen LogP contribution in [0.3, 0.4) is 0 Å². The maximum atomic E-state index is 12.0. The van der Waals surface area contributed by atoms with Crippen LogP contribution in [0.15, 0.2) is 35.9 Å². The molecule has 1 atom stereocenters. The Labute approximate surface area is 106 Å². The lowest BCUT2D eigenvalue weighted by atomic mass is 9.93. The summed E-state index contributed by atoms with van der Waals surface area (Å²) in [6, 6.07) is 7.24. The zero-order chi connectivity index (χ0) is 13.3. The first kappa shape index (κ1) is 12.4. The monoisotopic (exact) mass is 245 g/mol. The SMILES string of the molecule is COc1ccccc1N1C(=O)/C(=C/C(C)=O)C1C. The van der Waals surface area contributed by atoms with E-state index in [1.165, 1.54) is 13.0 Å². The van der Waals surface area contributed by atoms with E-state index in [2.05, 4.69) is 0 Å². The van der Waals surface area contributed by atoms with E-state index in [4.69, 9.17) is 4.74 Å². The maximum absolute atomic E-state index is 12.0. The van der Waals surface area contributed by atoms with Gasteiger partial charge in [0.2, 0.25) is 0 Å². The van der Waals surface area contributed by atoms with E-state index in [1.54, 1.807) is 12.0 Å². The zero-order valence-electron chi connectivity index (χ0n) is 10.6. The summed E-state index contributed by atoms with van der Waals surface area (Å²) in [5, 5.41) is 0. The normalized spacial score (nSPS) is 20.8. The lowest BCUT2D eigenvalue weighted by Crippen LogP contribution is -2.54. The Balaban J connectivity index is 2.33. The van der Waals surface area contributed by atoms with E-state index in [9.17, 15) is 9.59 Å². The number of hydrogen-bond acceptors (Lipinski definition) is 3. The molecule has 0 spiro atoms. The average Bonchev–Trinajstić information content (AvgIpc) is 2.37. The first-order chi connectivity index (χ1) is 8.56. The Kier molecular flexibility index (Phi) is 3.19. The highest BCUT2D eigenvalue weighted by atomic mass is 16.5. The Morgan fingerprint density at radius 3 is 2.61 bits per heavy atom. The van der Waals surface area contributed by atoms with Gasteiger partial charge in [-0.05, 0) is 32.1 Å². The van der Waals surface area contributed by atoms with Gasteiger partial charge >= 0.3 is 0 Å². The summed E-state index contributed by atoms with van der Waals surface area (Å²) in [4.78, 5) is 24.7. The quantitative estimate of drug-likeness (QED) is 0.604. The van der Waals surface area contributed by atoms with Crippen LogP contribution in [0, 0.1) is 0 Å². The Bertz CT molecular complexity index is 534. The Morgan fingerprint density at radius 2 is 2.06 bits per heavy atom. The molecule has 1 heterocycles. The van der Waals surface area contributed by atoms with Crippen molar-refractivity contribution in [3.8, 4) is 5.75 Å². The van der Waals surface area contributed by atoms with Gasteiger partial charge < -0.3 is 4.74 Å². The number of amides is 1. The van der Waals surface area contributed by atoms with Gasteiger partial charge in [-0.15, -0.1) is 0 Å². The van der Waals surface area contributed by atoms with E-state index < -0.39 is 0 Å². The average molecular weight is 245 g/mol. The molecule has 0 saturated carbocycles. The van der Waals surface area contributed by atoms with Crippen LogP contribution in [-0.4, -0.2) is 24.8 Å². The number of anilines is 1. The molecule has 1 unspecified atom stereocenters. The lowest BCUT2D eigenvalue weighted by Gasteiger charge is -2.41. The molecule has 1 aliphatic rings. The van der Waals surface area contributed by atoms with Gasteiger partial charge in [-0.3, -0.25) is 14.5 Å². The molecular formula is C14H15NO3. The number of nitrogens with zero attached hydrogens (tertiary/aromatic N) is 1. The number of allylic oxidation sites excluding steroid dienone is 1. The smallest absolute Gasteiger partial charge is 0.257 e. The number of β-lactam (4-membered cyclic amide) rings is 1. The summed E-state index contributed by atoms with van der Waals surface area (Å²) < 4.78 is 5.23. The third-order valence-corrected chi connectivity index (χ3v) is 3.01. The Morgan fingerprint density at radius 1 is 1.39 bits per heavy atom. The topological polar surface area (TPSA) is 46.6 Å². The van der Waals surface area contributed by atoms with Crippen LogP contribution in [0.1, 0.15) is 13.8 Å². The van der Waals surface area contributed by atoms with E-state index in [-0.39, 0.29) is 17.7 Å². The van der Waals surface area contributed by atoms with Gasteiger partial charge in [0.15, 0.2) is 5.78 Å². The molecule has 4 heteroatoms. The van der Waals surface area contributed by atoms with E-state index in [1.807, 2.05) is 31.2 Å². The van der Waals surface area contributed by atoms with Crippen LogP contribution in [0.5, 0.6) is 5.75 Å². The molecule has 0 aliphatic carbocycles. The number of ketones is 1. The first-order valence-corrected chi connectivity index (χ1v) is 5.75. The van der Waals surface area contributed by atoms with Crippen molar-refractivity contribution in [2.75, 3.05) is 12.0 Å². The van der Waals surface area contributed by atoms with Crippen LogP contribution < -0.4 is 9.64 Å². The highest BCUT2D eigenvalue weighted by Gasteiger charge is 2.41. The molecule has 2 rings (SSSR count). The van der Waals surface area contributed by atoms with E-state index in [0.717, 1.165) is 5.69 Å². The number of carbonyl (C=O) groups is 2. The summed E-state index contributed by atoms with van der Waals surface area (Å²) >= 11 is 0. The van der Waals surface area contributed by atoms with Crippen molar-refractivity contribution in [1.29, 1.82) is 0 Å². The fourth-order valence-corrected chi connectivity index (χ4v) is 2.11. The number of benzene rings is 1. The van der Waals surface area contributed by atoms with Gasteiger partial charge in [0.25, 0.3) is 5.91 Å². The standard InChI is InChI=1S/C14H15NO3/c1-9(16)8-11-10(2)15(14(11)17)12-6-4-5-7-13(12)18-3/h4-8,10H,1-3H3/b11-8+. The number of methoxy groups -OCH3 is 1. The molecule has 94 valence electrons. The van der Waals surface area contributed by atoms with Crippen LogP contribution in [0.4, 0.5) is 5.69 Å². The van der Waals surface area contributed by atoms with Crippen molar-refractivity contribution in [2.45, 2.75) is 19.9 Å². The molecule has 1 fully saturated rings. The number of ether oxygens (including phenoxy) is 1. The largest absolute Gasteiger partial charge is 0.495 e. The molecule has 1 aromatic rings. The summed E-state index contributed by atoms with van der Waals surface area (Å²) in [6.45, 7) is 3.33. The number of para-hydroxylation sites is 2. The lowest BCUT2D eigenvalue weighted by molar-refractivity contribution is -0.119. The molecule has 18 heavy (non-hydrogen) atoms. The highest BCUT2D eigenvalue weighted by molar-refractivity contribution is 6.18. The Hall–Kier alpha value is -2.10. The molecule has 0 aromatic heterocycles. The number of hydrogen-bond donors (Lipinski definition) is 0. The van der Waals surface area contributed by atoms with Gasteiger partial charge in [-0.2, -0.15) is 0 Å². The second kappa shape index (κ2) is 4.64. The minimum atomic E-state index is -0.137. The van der Waals surface area contributed by atoms with Crippen molar-refractivity contribution >= 4 is 17.4 Å². The van der Waals surface area contributed by atoms with Crippen LogP contribution in [-0.2, 0) is 9.59 Å². The van der Waals surface area contributed by atoms with Gasteiger partial charge in [-0.25, -0.2) is 0 Å². The fourth-order valence-electron chi connectivity index (χ4n) is 2.11.